The van der Waals surface area contributed by atoms with Crippen molar-refractivity contribution in [2.75, 3.05) is 4.31 Å². The van der Waals surface area contributed by atoms with E-state index >= 15 is 0 Å². The van der Waals surface area contributed by atoms with Gasteiger partial charge in [0.15, 0.2) is 5.82 Å². The number of sulfonamides is 1. The molecule has 0 N–H and O–H groups in total. The number of anilines is 1. The van der Waals surface area contributed by atoms with Gasteiger partial charge in [0.05, 0.1) is 0 Å². The Balaban J connectivity index is 2.61. The third-order valence-corrected chi connectivity index (χ3v) is 4.55. The summed E-state index contributed by atoms with van der Waals surface area (Å²) in [6, 6.07) is 9.03. The first-order valence-electron chi connectivity index (χ1n) is 5.97. The molecule has 0 aliphatic heterocycles. The fourth-order valence-corrected chi connectivity index (χ4v) is 2.75. The van der Waals surface area contributed by atoms with Crippen LogP contribution >= 0.6 is 15.9 Å². The predicted molar refractivity (Wildman–Crippen MR) is 80.2 cm³/mol. The summed E-state index contributed by atoms with van der Waals surface area (Å²) in [6.07, 6.45) is 1.09. The summed E-state index contributed by atoms with van der Waals surface area (Å²) in [7, 11) is -5.95. The zero-order valence-corrected chi connectivity index (χ0v) is 13.6. The minimum absolute atomic E-state index is 0.218. The number of carbonyl (C=O) groups excluding carboxylic acids is 1. The van der Waals surface area contributed by atoms with Crippen LogP contribution in [0.15, 0.2) is 53.1 Å². The van der Waals surface area contributed by atoms with Crippen LogP contribution in [-0.4, -0.2) is 24.8 Å². The van der Waals surface area contributed by atoms with E-state index in [-0.39, 0.29) is 9.87 Å². The van der Waals surface area contributed by atoms with Gasteiger partial charge in [0.25, 0.3) is 5.91 Å². The number of halogens is 4. The molecule has 0 fully saturated rings. The SMILES string of the molecule is O=C(c1ccccc1)N(c1ccc(Br)cn1)S(=O)(=O)C(F)(F)F. The number of aromatic nitrogens is 1. The lowest BCUT2D eigenvalue weighted by Gasteiger charge is -2.22. The molecule has 0 radical (unpaired) electrons. The molecule has 1 aromatic heterocycles. The molecule has 0 spiro atoms. The number of benzene rings is 1. The summed E-state index contributed by atoms with van der Waals surface area (Å²) in [5.74, 6) is -2.00. The van der Waals surface area contributed by atoms with Crippen molar-refractivity contribution in [1.29, 1.82) is 0 Å². The van der Waals surface area contributed by atoms with Gasteiger partial charge < -0.3 is 0 Å². The van der Waals surface area contributed by atoms with Gasteiger partial charge in [-0.3, -0.25) is 4.79 Å². The van der Waals surface area contributed by atoms with Crippen molar-refractivity contribution in [3.05, 3.63) is 58.7 Å². The maximum absolute atomic E-state index is 12.9. The van der Waals surface area contributed by atoms with E-state index in [1.807, 2.05) is 0 Å². The molecular formula is C13H8BrF3N2O3S. The van der Waals surface area contributed by atoms with Crippen molar-refractivity contribution in [2.45, 2.75) is 5.51 Å². The van der Waals surface area contributed by atoms with Gasteiger partial charge in [0.1, 0.15) is 0 Å². The molecule has 1 aromatic carbocycles. The average Bonchev–Trinajstić information content (AvgIpc) is 2.49. The number of amides is 1. The molecule has 0 aliphatic rings. The smallest absolute Gasteiger partial charge is 0.268 e. The van der Waals surface area contributed by atoms with Crippen LogP contribution in [0, 0.1) is 0 Å². The topological polar surface area (TPSA) is 67.3 Å². The summed E-state index contributed by atoms with van der Waals surface area (Å²) in [5, 5.41) is 0. The number of hydrogen-bond donors (Lipinski definition) is 0. The Kier molecular flexibility index (Phi) is 4.76. The fourth-order valence-electron chi connectivity index (χ4n) is 1.63. The van der Waals surface area contributed by atoms with Crippen LogP contribution in [0.2, 0.25) is 0 Å². The summed E-state index contributed by atoms with van der Waals surface area (Å²) < 4.78 is 62.3. The van der Waals surface area contributed by atoms with E-state index in [9.17, 15) is 26.4 Å². The second-order valence-corrected chi connectivity index (χ2v) is 6.91. The molecule has 0 bridgehead atoms. The van der Waals surface area contributed by atoms with E-state index in [2.05, 4.69) is 20.9 Å². The van der Waals surface area contributed by atoms with Crippen LogP contribution in [0.3, 0.4) is 0 Å². The molecule has 2 aromatic rings. The molecule has 5 nitrogen and oxygen atoms in total. The number of pyridine rings is 1. The van der Waals surface area contributed by atoms with Gasteiger partial charge >= 0.3 is 15.5 Å². The Morgan fingerprint density at radius 1 is 1.09 bits per heavy atom. The van der Waals surface area contributed by atoms with Crippen molar-refractivity contribution >= 4 is 37.7 Å². The lowest BCUT2D eigenvalue weighted by Crippen LogP contribution is -2.45. The number of nitrogens with zero attached hydrogens (tertiary/aromatic N) is 2. The van der Waals surface area contributed by atoms with E-state index in [0.29, 0.717) is 4.47 Å². The summed E-state index contributed by atoms with van der Waals surface area (Å²) >= 11 is 3.03. The van der Waals surface area contributed by atoms with Crippen molar-refractivity contribution in [3.63, 3.8) is 0 Å². The van der Waals surface area contributed by atoms with E-state index in [0.717, 1.165) is 12.3 Å². The third kappa shape index (κ3) is 3.53. The number of alkyl halides is 3. The van der Waals surface area contributed by atoms with Gasteiger partial charge in [-0.1, -0.05) is 18.2 Å². The maximum Gasteiger partial charge on any atom is 0.517 e. The minimum Gasteiger partial charge on any atom is -0.268 e. The second-order valence-electron chi connectivity index (χ2n) is 4.22. The summed E-state index contributed by atoms with van der Waals surface area (Å²) in [4.78, 5) is 15.9. The van der Waals surface area contributed by atoms with Crippen LogP contribution in [0.4, 0.5) is 19.0 Å². The standard InChI is InChI=1S/C13H8BrF3N2O3S/c14-10-6-7-11(18-8-10)19(23(21,22)13(15,16)17)12(20)9-4-2-1-3-5-9/h1-8H. The first-order chi connectivity index (χ1) is 10.6. The van der Waals surface area contributed by atoms with E-state index in [1.54, 1.807) is 0 Å². The highest BCUT2D eigenvalue weighted by Gasteiger charge is 2.53. The molecule has 0 atom stereocenters. The van der Waals surface area contributed by atoms with Crippen molar-refractivity contribution in [3.8, 4) is 0 Å². The summed E-state index contributed by atoms with van der Waals surface area (Å²) in [5.41, 5.74) is -5.86. The second kappa shape index (κ2) is 6.28. The highest BCUT2D eigenvalue weighted by Crippen LogP contribution is 2.31. The first kappa shape index (κ1) is 17.4. The Bertz CT molecular complexity index is 809. The maximum atomic E-state index is 12.9. The van der Waals surface area contributed by atoms with E-state index in [1.165, 1.54) is 36.4 Å². The first-order valence-corrected chi connectivity index (χ1v) is 8.20. The van der Waals surface area contributed by atoms with Gasteiger partial charge in [0.2, 0.25) is 0 Å². The summed E-state index contributed by atoms with van der Waals surface area (Å²) in [6.45, 7) is 0. The fraction of sp³-hybridized carbons (Fsp3) is 0.0769. The quantitative estimate of drug-likeness (QED) is 0.780. The van der Waals surface area contributed by atoms with Gasteiger partial charge in [-0.25, -0.2) is 4.98 Å². The molecule has 0 saturated carbocycles. The molecule has 0 aliphatic carbocycles. The molecule has 10 heteroatoms. The van der Waals surface area contributed by atoms with Crippen LogP contribution in [0.5, 0.6) is 0 Å². The Morgan fingerprint density at radius 2 is 1.70 bits per heavy atom. The van der Waals surface area contributed by atoms with Gasteiger partial charge in [-0.05, 0) is 40.2 Å². The molecule has 122 valence electrons. The van der Waals surface area contributed by atoms with E-state index < -0.39 is 27.3 Å². The van der Waals surface area contributed by atoms with Crippen LogP contribution < -0.4 is 4.31 Å². The number of carbonyl (C=O) groups is 1. The van der Waals surface area contributed by atoms with Crippen LogP contribution in [0.1, 0.15) is 10.4 Å². The van der Waals surface area contributed by atoms with Crippen molar-refractivity contribution < 1.29 is 26.4 Å². The van der Waals surface area contributed by atoms with Gasteiger partial charge in [0, 0.05) is 16.2 Å². The number of hydrogen-bond acceptors (Lipinski definition) is 4. The predicted octanol–water partition coefficient (Wildman–Crippen LogP) is 3.34. The molecule has 1 amide bonds. The normalized spacial score (nSPS) is 12.0. The monoisotopic (exact) mass is 408 g/mol. The molecule has 0 unspecified atom stereocenters. The van der Waals surface area contributed by atoms with Crippen LogP contribution in [-0.2, 0) is 10.0 Å². The zero-order valence-electron chi connectivity index (χ0n) is 11.2. The molecule has 0 saturated heterocycles. The Hall–Kier alpha value is -1.94. The highest BCUT2D eigenvalue weighted by molar-refractivity contribution is 9.10. The Morgan fingerprint density at radius 3 is 2.17 bits per heavy atom. The van der Waals surface area contributed by atoms with Crippen LogP contribution in [0.25, 0.3) is 0 Å². The zero-order chi connectivity index (χ0) is 17.3. The molecule has 23 heavy (non-hydrogen) atoms. The van der Waals surface area contributed by atoms with Crippen molar-refractivity contribution in [2.24, 2.45) is 0 Å². The van der Waals surface area contributed by atoms with E-state index in [4.69, 9.17) is 0 Å². The minimum atomic E-state index is -5.95. The lowest BCUT2D eigenvalue weighted by atomic mass is 10.2. The average molecular weight is 409 g/mol. The molecule has 2 rings (SSSR count). The van der Waals surface area contributed by atoms with Gasteiger partial charge in [-0.2, -0.15) is 25.9 Å². The number of rotatable bonds is 3. The van der Waals surface area contributed by atoms with Gasteiger partial charge in [-0.15, -0.1) is 0 Å². The molecular weight excluding hydrogens is 401 g/mol. The molecule has 1 heterocycles. The largest absolute Gasteiger partial charge is 0.517 e. The van der Waals surface area contributed by atoms with Crippen molar-refractivity contribution in [1.82, 2.24) is 4.98 Å². The highest BCUT2D eigenvalue weighted by atomic mass is 79.9. The Labute approximate surface area is 137 Å². The lowest BCUT2D eigenvalue weighted by molar-refractivity contribution is -0.0437. The third-order valence-electron chi connectivity index (χ3n) is 2.66.